The smallest absolute Gasteiger partial charge is 0.0440 e. The Kier molecular flexibility index (Phi) is 10.6. The number of halogens is 2. The Morgan fingerprint density at radius 2 is 1.37 bits per heavy atom. The van der Waals surface area contributed by atoms with E-state index in [9.17, 15) is 0 Å². The van der Waals surface area contributed by atoms with Crippen LogP contribution in [0, 0.1) is 0 Å². The van der Waals surface area contributed by atoms with E-state index in [2.05, 4.69) is 49.4 Å². The lowest BCUT2D eigenvalue weighted by Gasteiger charge is -2.08. The monoisotopic (exact) mass is 402 g/mol. The molecule has 0 nitrogen and oxygen atoms in total. The number of rotatable bonds is 12. The van der Waals surface area contributed by atoms with Gasteiger partial charge in [-0.05, 0) is 66.8 Å². The molecule has 0 aliphatic heterocycles. The van der Waals surface area contributed by atoms with Crippen molar-refractivity contribution in [1.82, 2.24) is 0 Å². The zero-order valence-electron chi connectivity index (χ0n) is 16.5. The fourth-order valence-corrected chi connectivity index (χ4v) is 3.77. The van der Waals surface area contributed by atoms with Gasteiger partial charge >= 0.3 is 0 Å². The van der Waals surface area contributed by atoms with Crippen LogP contribution in [0.3, 0.4) is 0 Å². The molecule has 0 bridgehead atoms. The largest absolute Gasteiger partial charge is 0.0933 e. The highest BCUT2D eigenvalue weighted by Gasteiger charge is 2.03. The molecule has 0 aromatic heterocycles. The van der Waals surface area contributed by atoms with Crippen LogP contribution >= 0.6 is 23.2 Å². The predicted molar refractivity (Wildman–Crippen MR) is 121 cm³/mol. The summed E-state index contributed by atoms with van der Waals surface area (Å²) >= 11 is 12.1. The van der Waals surface area contributed by atoms with Crippen molar-refractivity contribution in [3.8, 4) is 0 Å². The van der Waals surface area contributed by atoms with Crippen molar-refractivity contribution in [2.24, 2.45) is 0 Å². The summed E-state index contributed by atoms with van der Waals surface area (Å²) in [6.45, 7) is 2.25. The minimum atomic E-state index is 0.936. The van der Waals surface area contributed by atoms with Gasteiger partial charge in [0.15, 0.2) is 0 Å². The summed E-state index contributed by atoms with van der Waals surface area (Å²) in [7, 11) is 0. The van der Waals surface area contributed by atoms with Crippen LogP contribution in [0.2, 0.25) is 5.02 Å². The van der Waals surface area contributed by atoms with Crippen LogP contribution in [-0.2, 0) is 25.7 Å². The number of hydrogen-bond acceptors (Lipinski definition) is 0. The summed E-state index contributed by atoms with van der Waals surface area (Å²) in [6.07, 6.45) is 13.7. The molecule has 0 fully saturated rings. The molecule has 0 heterocycles. The maximum atomic E-state index is 6.52. The van der Waals surface area contributed by atoms with Gasteiger partial charge in [0, 0.05) is 10.6 Å². The summed E-state index contributed by atoms with van der Waals surface area (Å²) in [6, 6.07) is 15.6. The number of hydrogen-bond donors (Lipinski definition) is 0. The summed E-state index contributed by atoms with van der Waals surface area (Å²) in [5, 5.41) is 0.936. The third-order valence-electron chi connectivity index (χ3n) is 5.08. The number of benzene rings is 2. The van der Waals surface area contributed by atoms with Gasteiger partial charge in [-0.25, -0.2) is 0 Å². The molecule has 0 amide bonds. The topological polar surface area (TPSA) is 0 Å². The molecule has 0 spiro atoms. The van der Waals surface area contributed by atoms with E-state index in [1.165, 1.54) is 54.4 Å². The molecule has 0 saturated heterocycles. The highest BCUT2D eigenvalue weighted by Crippen LogP contribution is 2.22. The van der Waals surface area contributed by atoms with Gasteiger partial charge in [0.2, 0.25) is 0 Å². The van der Waals surface area contributed by atoms with E-state index in [1.807, 2.05) is 6.08 Å². The van der Waals surface area contributed by atoms with Crippen molar-refractivity contribution in [2.45, 2.75) is 71.1 Å². The standard InChI is InChI=1S/C25H32Cl2/c1-2-3-4-5-6-10-24-18-17-23(20-25(24)27)16-15-22-13-11-21(12-14-22)9-7-8-19-26/h8,11-14,17-20H,2-7,9-10,15-16H2,1H3. The molecule has 2 heteroatoms. The van der Waals surface area contributed by atoms with Gasteiger partial charge in [-0.1, -0.05) is 98.3 Å². The predicted octanol–water partition coefficient (Wildman–Crippen LogP) is 8.32. The van der Waals surface area contributed by atoms with Crippen molar-refractivity contribution in [2.75, 3.05) is 0 Å². The van der Waals surface area contributed by atoms with Crippen molar-refractivity contribution in [1.29, 1.82) is 0 Å². The molecule has 146 valence electrons. The van der Waals surface area contributed by atoms with Crippen molar-refractivity contribution in [3.63, 3.8) is 0 Å². The second-order valence-corrected chi connectivity index (χ2v) is 7.97. The van der Waals surface area contributed by atoms with Crippen LogP contribution in [-0.4, -0.2) is 0 Å². The Hall–Kier alpha value is -1.24. The first kappa shape index (κ1) is 22.1. The maximum Gasteiger partial charge on any atom is 0.0440 e. The van der Waals surface area contributed by atoms with Gasteiger partial charge < -0.3 is 0 Å². The molecular weight excluding hydrogens is 371 g/mol. The molecule has 0 aliphatic rings. The fraction of sp³-hybridized carbons (Fsp3) is 0.440. The second-order valence-electron chi connectivity index (χ2n) is 7.31. The van der Waals surface area contributed by atoms with Gasteiger partial charge in [0.25, 0.3) is 0 Å². The average molecular weight is 403 g/mol. The van der Waals surface area contributed by atoms with E-state index >= 15 is 0 Å². The lowest BCUT2D eigenvalue weighted by atomic mass is 9.99. The van der Waals surface area contributed by atoms with Crippen molar-refractivity contribution in [3.05, 3.63) is 81.4 Å². The molecule has 0 unspecified atom stereocenters. The molecular formula is C25H32Cl2. The highest BCUT2D eigenvalue weighted by molar-refractivity contribution is 6.31. The van der Waals surface area contributed by atoms with Crippen LogP contribution in [0.4, 0.5) is 0 Å². The van der Waals surface area contributed by atoms with Crippen molar-refractivity contribution >= 4 is 23.2 Å². The number of aryl methyl sites for hydroxylation is 4. The summed E-state index contributed by atoms with van der Waals surface area (Å²) in [5.41, 5.74) is 6.96. The molecule has 0 N–H and O–H groups in total. The quantitative estimate of drug-likeness (QED) is 0.313. The van der Waals surface area contributed by atoms with Crippen LogP contribution in [0.1, 0.15) is 67.7 Å². The molecule has 2 aromatic carbocycles. The SMILES string of the molecule is CCCCCCCc1ccc(CCc2ccc(CCC=CCl)cc2)cc1Cl. The molecule has 2 rings (SSSR count). The Morgan fingerprint density at radius 3 is 2.04 bits per heavy atom. The minimum Gasteiger partial charge on any atom is -0.0933 e. The van der Waals surface area contributed by atoms with Crippen LogP contribution in [0.5, 0.6) is 0 Å². The lowest BCUT2D eigenvalue weighted by Crippen LogP contribution is -1.94. The zero-order valence-corrected chi connectivity index (χ0v) is 18.0. The third-order valence-corrected chi connectivity index (χ3v) is 5.61. The van der Waals surface area contributed by atoms with Gasteiger partial charge in [-0.15, -0.1) is 0 Å². The van der Waals surface area contributed by atoms with Gasteiger partial charge in [-0.3, -0.25) is 0 Å². The lowest BCUT2D eigenvalue weighted by molar-refractivity contribution is 0.632. The molecule has 27 heavy (non-hydrogen) atoms. The van der Waals surface area contributed by atoms with E-state index in [0.29, 0.717) is 0 Å². The first-order chi connectivity index (χ1) is 13.2. The Balaban J connectivity index is 1.79. The molecule has 0 atom stereocenters. The van der Waals surface area contributed by atoms with E-state index < -0.39 is 0 Å². The number of unbranched alkanes of at least 4 members (excludes halogenated alkanes) is 4. The Labute approximate surface area is 175 Å². The van der Waals surface area contributed by atoms with E-state index in [0.717, 1.165) is 37.1 Å². The van der Waals surface area contributed by atoms with E-state index in [-0.39, 0.29) is 0 Å². The van der Waals surface area contributed by atoms with Gasteiger partial charge in [0.05, 0.1) is 0 Å². The summed E-state index contributed by atoms with van der Waals surface area (Å²) in [4.78, 5) is 0. The van der Waals surface area contributed by atoms with E-state index in [4.69, 9.17) is 23.2 Å². The number of allylic oxidation sites excluding steroid dienone is 1. The molecule has 0 saturated carbocycles. The maximum absolute atomic E-state index is 6.52. The first-order valence-corrected chi connectivity index (χ1v) is 11.1. The molecule has 2 aromatic rings. The van der Waals surface area contributed by atoms with Gasteiger partial charge in [0.1, 0.15) is 0 Å². The molecule has 0 radical (unpaired) electrons. The molecule has 0 aliphatic carbocycles. The Bertz CT molecular complexity index is 686. The third kappa shape index (κ3) is 8.54. The minimum absolute atomic E-state index is 0.936. The van der Waals surface area contributed by atoms with E-state index in [1.54, 1.807) is 5.54 Å². The van der Waals surface area contributed by atoms with Crippen LogP contribution < -0.4 is 0 Å². The first-order valence-electron chi connectivity index (χ1n) is 10.3. The van der Waals surface area contributed by atoms with Gasteiger partial charge in [-0.2, -0.15) is 0 Å². The highest BCUT2D eigenvalue weighted by atomic mass is 35.5. The average Bonchev–Trinajstić information content (AvgIpc) is 2.69. The van der Waals surface area contributed by atoms with Crippen LogP contribution in [0.25, 0.3) is 0 Å². The summed E-state index contributed by atoms with van der Waals surface area (Å²) < 4.78 is 0. The zero-order chi connectivity index (χ0) is 19.3. The fourth-order valence-electron chi connectivity index (χ4n) is 3.34. The summed E-state index contributed by atoms with van der Waals surface area (Å²) in [5.74, 6) is 0. The normalized spacial score (nSPS) is 11.4. The van der Waals surface area contributed by atoms with Crippen LogP contribution in [0.15, 0.2) is 54.1 Å². The Morgan fingerprint density at radius 1 is 0.741 bits per heavy atom. The van der Waals surface area contributed by atoms with Crippen molar-refractivity contribution < 1.29 is 0 Å². The second kappa shape index (κ2) is 13.0.